The second-order valence-electron chi connectivity index (χ2n) is 5.60. The fourth-order valence-electron chi connectivity index (χ4n) is 2.42. The van der Waals surface area contributed by atoms with Crippen molar-refractivity contribution in [3.8, 4) is 0 Å². The Labute approximate surface area is 119 Å². The van der Waals surface area contributed by atoms with Gasteiger partial charge in [0.15, 0.2) is 0 Å². The molecule has 0 aromatic heterocycles. The number of carboxylic acids is 1. The molecule has 0 aromatic rings. The van der Waals surface area contributed by atoms with E-state index in [4.69, 9.17) is 5.11 Å². The lowest BCUT2D eigenvalue weighted by atomic mass is 10.0. The number of hydrogen-bond acceptors (Lipinski definition) is 4. The van der Waals surface area contributed by atoms with Gasteiger partial charge in [-0.3, -0.25) is 4.79 Å². The lowest BCUT2D eigenvalue weighted by molar-refractivity contribution is -0.149. The molecular formula is C12H22N2O5S. The van der Waals surface area contributed by atoms with Gasteiger partial charge in [-0.05, 0) is 25.2 Å². The summed E-state index contributed by atoms with van der Waals surface area (Å²) >= 11 is 0. The van der Waals surface area contributed by atoms with E-state index >= 15 is 0 Å². The Morgan fingerprint density at radius 3 is 2.45 bits per heavy atom. The quantitative estimate of drug-likeness (QED) is 0.720. The Bertz CT molecular complexity index is 474. The zero-order chi connectivity index (χ0) is 15.5. The largest absolute Gasteiger partial charge is 0.480 e. The van der Waals surface area contributed by atoms with Crippen molar-refractivity contribution in [2.75, 3.05) is 12.8 Å². The summed E-state index contributed by atoms with van der Waals surface area (Å²) < 4.78 is 25.0. The molecule has 0 radical (unpaired) electrons. The molecule has 1 aliphatic rings. The van der Waals surface area contributed by atoms with Crippen LogP contribution in [0.3, 0.4) is 0 Å². The van der Waals surface area contributed by atoms with E-state index in [1.54, 1.807) is 0 Å². The van der Waals surface area contributed by atoms with Crippen molar-refractivity contribution in [1.29, 1.82) is 0 Å². The highest BCUT2D eigenvalue weighted by Gasteiger charge is 2.37. The summed E-state index contributed by atoms with van der Waals surface area (Å²) in [5.74, 6) is -1.38. The second kappa shape index (κ2) is 6.53. The molecule has 2 N–H and O–H groups in total. The Hall–Kier alpha value is -1.15. The molecule has 1 heterocycles. The minimum Gasteiger partial charge on any atom is -0.480 e. The number of carbonyl (C=O) groups is 2. The molecule has 0 spiro atoms. The van der Waals surface area contributed by atoms with E-state index in [1.807, 2.05) is 13.8 Å². The second-order valence-corrected chi connectivity index (χ2v) is 7.38. The van der Waals surface area contributed by atoms with Gasteiger partial charge < -0.3 is 10.0 Å². The third kappa shape index (κ3) is 4.75. The summed E-state index contributed by atoms with van der Waals surface area (Å²) in [7, 11) is -3.53. The molecule has 116 valence electrons. The molecule has 1 rings (SSSR count). The number of likely N-dealkylation sites (tertiary alicyclic amines) is 1. The van der Waals surface area contributed by atoms with Crippen LogP contribution >= 0.6 is 0 Å². The maximum Gasteiger partial charge on any atom is 0.326 e. The zero-order valence-corrected chi connectivity index (χ0v) is 12.8. The van der Waals surface area contributed by atoms with Crippen molar-refractivity contribution in [2.24, 2.45) is 5.92 Å². The molecule has 1 fully saturated rings. The summed E-state index contributed by atoms with van der Waals surface area (Å²) in [5.41, 5.74) is 0. The van der Waals surface area contributed by atoms with Crippen LogP contribution in [0.1, 0.15) is 33.1 Å². The van der Waals surface area contributed by atoms with Crippen molar-refractivity contribution in [3.05, 3.63) is 0 Å². The van der Waals surface area contributed by atoms with E-state index in [9.17, 15) is 18.0 Å². The Morgan fingerprint density at radius 2 is 2.00 bits per heavy atom. The van der Waals surface area contributed by atoms with E-state index in [0.717, 1.165) is 6.26 Å². The third-order valence-electron chi connectivity index (χ3n) is 3.18. The molecule has 2 atom stereocenters. The van der Waals surface area contributed by atoms with Crippen molar-refractivity contribution >= 4 is 21.9 Å². The molecule has 0 saturated carbocycles. The number of amides is 1. The van der Waals surface area contributed by atoms with Crippen LogP contribution in [0.5, 0.6) is 0 Å². The summed E-state index contributed by atoms with van der Waals surface area (Å²) in [6.07, 6.45) is 2.37. The average Bonchev–Trinajstić information content (AvgIpc) is 2.73. The first kappa shape index (κ1) is 16.9. The van der Waals surface area contributed by atoms with Gasteiger partial charge >= 0.3 is 5.97 Å². The van der Waals surface area contributed by atoms with Crippen LogP contribution in [0.15, 0.2) is 0 Å². The maximum absolute atomic E-state index is 12.4. The van der Waals surface area contributed by atoms with Crippen molar-refractivity contribution in [1.82, 2.24) is 9.62 Å². The number of nitrogens with zero attached hydrogens (tertiary/aromatic N) is 1. The number of hydrogen-bond donors (Lipinski definition) is 2. The molecule has 0 bridgehead atoms. The lowest BCUT2D eigenvalue weighted by Crippen LogP contribution is -2.51. The fraction of sp³-hybridized carbons (Fsp3) is 0.833. The predicted molar refractivity (Wildman–Crippen MR) is 73.6 cm³/mol. The highest BCUT2D eigenvalue weighted by atomic mass is 32.2. The van der Waals surface area contributed by atoms with Gasteiger partial charge in [-0.15, -0.1) is 0 Å². The van der Waals surface area contributed by atoms with Crippen LogP contribution in [-0.4, -0.2) is 55.2 Å². The minimum absolute atomic E-state index is 0.115. The van der Waals surface area contributed by atoms with Crippen molar-refractivity contribution in [2.45, 2.75) is 45.2 Å². The Morgan fingerprint density at radius 1 is 1.40 bits per heavy atom. The molecule has 1 unspecified atom stereocenters. The molecule has 1 saturated heterocycles. The number of carboxylic acid groups (broad SMARTS) is 1. The van der Waals surface area contributed by atoms with Gasteiger partial charge in [0.25, 0.3) is 0 Å². The van der Waals surface area contributed by atoms with Gasteiger partial charge in [0.05, 0.1) is 6.26 Å². The van der Waals surface area contributed by atoms with Gasteiger partial charge in [-0.2, -0.15) is 0 Å². The average molecular weight is 306 g/mol. The van der Waals surface area contributed by atoms with E-state index in [1.165, 1.54) is 4.90 Å². The first-order valence-electron chi connectivity index (χ1n) is 6.62. The zero-order valence-electron chi connectivity index (χ0n) is 12.0. The topological polar surface area (TPSA) is 104 Å². The van der Waals surface area contributed by atoms with Crippen molar-refractivity contribution in [3.63, 3.8) is 0 Å². The predicted octanol–water partition coefficient (Wildman–Crippen LogP) is 0.0259. The van der Waals surface area contributed by atoms with Crippen LogP contribution < -0.4 is 4.72 Å². The van der Waals surface area contributed by atoms with Gasteiger partial charge in [-0.25, -0.2) is 17.9 Å². The molecule has 1 aliphatic heterocycles. The van der Waals surface area contributed by atoms with Gasteiger partial charge in [0.1, 0.15) is 12.1 Å². The van der Waals surface area contributed by atoms with Gasteiger partial charge in [0, 0.05) is 6.54 Å². The molecule has 7 nitrogen and oxygen atoms in total. The monoisotopic (exact) mass is 306 g/mol. The van der Waals surface area contributed by atoms with E-state index < -0.39 is 34.0 Å². The summed E-state index contributed by atoms with van der Waals surface area (Å²) in [6, 6.07) is -1.75. The Balaban J connectivity index is 2.89. The van der Waals surface area contributed by atoms with Crippen LogP contribution in [-0.2, 0) is 19.6 Å². The number of sulfonamides is 1. The standard InChI is InChI=1S/C12H22N2O5S/c1-8(2)7-9(13-20(3,18)19)11(15)14-6-4-5-10(14)12(16)17/h8-10,13H,4-7H2,1-3H3,(H,16,17)/t9?,10-/m1/s1. The number of carbonyl (C=O) groups excluding carboxylic acids is 1. The first-order chi connectivity index (χ1) is 9.11. The number of aliphatic carboxylic acids is 1. The highest BCUT2D eigenvalue weighted by molar-refractivity contribution is 7.88. The number of rotatable bonds is 6. The summed E-state index contributed by atoms with van der Waals surface area (Å²) in [5, 5.41) is 9.10. The number of nitrogens with one attached hydrogen (secondary N) is 1. The third-order valence-corrected chi connectivity index (χ3v) is 3.90. The minimum atomic E-state index is -3.53. The normalized spacial score (nSPS) is 21.2. The van der Waals surface area contributed by atoms with Crippen LogP contribution in [0.2, 0.25) is 0 Å². The first-order valence-corrected chi connectivity index (χ1v) is 8.51. The summed E-state index contributed by atoms with van der Waals surface area (Å²) in [6.45, 7) is 4.11. The van der Waals surface area contributed by atoms with Crippen molar-refractivity contribution < 1.29 is 23.1 Å². The van der Waals surface area contributed by atoms with Gasteiger partial charge in [-0.1, -0.05) is 13.8 Å². The van der Waals surface area contributed by atoms with E-state index in [2.05, 4.69) is 4.72 Å². The van der Waals surface area contributed by atoms with Gasteiger partial charge in [0.2, 0.25) is 15.9 Å². The molecule has 0 aliphatic carbocycles. The van der Waals surface area contributed by atoms with Crippen LogP contribution in [0, 0.1) is 5.92 Å². The van der Waals surface area contributed by atoms with Crippen LogP contribution in [0.25, 0.3) is 0 Å². The highest BCUT2D eigenvalue weighted by Crippen LogP contribution is 2.20. The van der Waals surface area contributed by atoms with E-state index in [0.29, 0.717) is 25.8 Å². The molecule has 8 heteroatoms. The van der Waals surface area contributed by atoms with Crippen LogP contribution in [0.4, 0.5) is 0 Å². The lowest BCUT2D eigenvalue weighted by Gasteiger charge is -2.27. The Kier molecular flexibility index (Phi) is 5.52. The maximum atomic E-state index is 12.4. The molecular weight excluding hydrogens is 284 g/mol. The van der Waals surface area contributed by atoms with E-state index in [-0.39, 0.29) is 5.92 Å². The fourth-order valence-corrected chi connectivity index (χ4v) is 3.13. The molecule has 20 heavy (non-hydrogen) atoms. The molecule has 1 amide bonds. The SMILES string of the molecule is CC(C)CC(NS(C)(=O)=O)C(=O)N1CCC[C@@H]1C(=O)O. The smallest absolute Gasteiger partial charge is 0.326 e. The summed E-state index contributed by atoms with van der Waals surface area (Å²) in [4.78, 5) is 24.8. The molecule has 0 aromatic carbocycles.